The predicted molar refractivity (Wildman–Crippen MR) is 126 cm³/mol. The second-order valence-electron chi connectivity index (χ2n) is 10.3. The molecule has 2 aliphatic heterocycles. The number of hydrogen-bond acceptors (Lipinski definition) is 6. The summed E-state index contributed by atoms with van der Waals surface area (Å²) in [5, 5.41) is 10.1. The fourth-order valence-corrected chi connectivity index (χ4v) is 5.23. The highest BCUT2D eigenvalue weighted by Gasteiger charge is 2.53. The van der Waals surface area contributed by atoms with E-state index in [1.165, 1.54) is 18.1 Å². The fourth-order valence-electron chi connectivity index (χ4n) is 5.23. The molecule has 6 heteroatoms. The minimum atomic E-state index is -1.15. The number of carbonyl (C=O) groups is 2. The number of hydrogen-bond donors (Lipinski definition) is 1. The van der Waals surface area contributed by atoms with E-state index in [-0.39, 0.29) is 36.5 Å². The summed E-state index contributed by atoms with van der Waals surface area (Å²) >= 11 is 0. The van der Waals surface area contributed by atoms with Gasteiger partial charge in [-0.05, 0) is 70.8 Å². The van der Waals surface area contributed by atoms with Gasteiger partial charge in [-0.15, -0.1) is 0 Å². The Hall–Kier alpha value is -2.02. The molecule has 1 fully saturated rings. The van der Waals surface area contributed by atoms with Crippen LogP contribution in [-0.2, 0) is 23.8 Å². The Morgan fingerprint density at radius 1 is 1.27 bits per heavy atom. The molecular weight excluding hydrogens is 420 g/mol. The fraction of sp³-hybridized carbons (Fsp3) is 0.630. The average molecular weight is 459 g/mol. The lowest BCUT2D eigenvalue weighted by Crippen LogP contribution is -2.57. The maximum atomic E-state index is 12.3. The van der Waals surface area contributed by atoms with Crippen LogP contribution in [0.15, 0.2) is 46.6 Å². The van der Waals surface area contributed by atoms with Gasteiger partial charge in [0, 0.05) is 32.1 Å². The Morgan fingerprint density at radius 2 is 2.00 bits per heavy atom. The van der Waals surface area contributed by atoms with Crippen molar-refractivity contribution < 1.29 is 28.9 Å². The lowest BCUT2D eigenvalue weighted by atomic mass is 9.77. The van der Waals surface area contributed by atoms with Crippen molar-refractivity contribution in [3.63, 3.8) is 0 Å². The summed E-state index contributed by atoms with van der Waals surface area (Å²) in [6.07, 6.45) is 10.3. The molecule has 0 aromatic carbocycles. The monoisotopic (exact) mass is 458 g/mol. The van der Waals surface area contributed by atoms with Crippen LogP contribution in [0, 0.1) is 5.92 Å². The average Bonchev–Trinajstić information content (AvgIpc) is 2.66. The number of Topliss-reactive ketones (excluding diaryl/α,β-unsaturated/α-hetero) is 1. The van der Waals surface area contributed by atoms with Crippen molar-refractivity contribution >= 4 is 11.8 Å². The highest BCUT2D eigenvalue weighted by atomic mass is 16.7. The van der Waals surface area contributed by atoms with Gasteiger partial charge in [0.05, 0.1) is 18.8 Å². The van der Waals surface area contributed by atoms with Crippen LogP contribution in [0.4, 0.5) is 0 Å². The van der Waals surface area contributed by atoms with Gasteiger partial charge in [-0.3, -0.25) is 9.59 Å². The zero-order valence-corrected chi connectivity index (χ0v) is 20.8. The number of allylic oxidation sites excluding steroid dienone is 4. The van der Waals surface area contributed by atoms with Crippen LogP contribution in [0.2, 0.25) is 0 Å². The third-order valence-corrected chi connectivity index (χ3v) is 6.61. The number of aliphatic hydroxyl groups is 1. The molecule has 1 aliphatic carbocycles. The summed E-state index contributed by atoms with van der Waals surface area (Å²) in [5.74, 6) is -1.64. The first kappa shape index (κ1) is 25.6. The smallest absolute Gasteiger partial charge is 0.303 e. The molecule has 3 rings (SSSR count). The molecule has 182 valence electrons. The van der Waals surface area contributed by atoms with Gasteiger partial charge >= 0.3 is 5.97 Å². The van der Waals surface area contributed by atoms with Crippen LogP contribution in [0.1, 0.15) is 73.6 Å². The molecule has 1 spiro atoms. The van der Waals surface area contributed by atoms with E-state index >= 15 is 0 Å². The maximum Gasteiger partial charge on any atom is 0.303 e. The molecule has 0 saturated carbocycles. The molecule has 0 amide bonds. The predicted octanol–water partition coefficient (Wildman–Crippen LogP) is 4.73. The lowest BCUT2D eigenvalue weighted by molar-refractivity contribution is -0.297. The van der Waals surface area contributed by atoms with Crippen LogP contribution < -0.4 is 0 Å². The van der Waals surface area contributed by atoms with Crippen LogP contribution in [0.3, 0.4) is 0 Å². The van der Waals surface area contributed by atoms with Crippen LogP contribution in [0.5, 0.6) is 0 Å². The summed E-state index contributed by atoms with van der Waals surface area (Å²) in [4.78, 5) is 24.2. The van der Waals surface area contributed by atoms with Crippen LogP contribution in [-0.4, -0.2) is 47.1 Å². The summed E-state index contributed by atoms with van der Waals surface area (Å²) in [7, 11) is 0. The van der Waals surface area contributed by atoms with Gasteiger partial charge in [-0.2, -0.15) is 0 Å². The third kappa shape index (κ3) is 6.31. The zero-order valence-electron chi connectivity index (χ0n) is 20.8. The van der Waals surface area contributed by atoms with E-state index in [0.29, 0.717) is 24.8 Å². The topological polar surface area (TPSA) is 82.1 Å². The highest BCUT2D eigenvalue weighted by molar-refractivity contribution is 5.96. The number of ketones is 1. The Labute approximate surface area is 197 Å². The van der Waals surface area contributed by atoms with Crippen molar-refractivity contribution in [1.29, 1.82) is 0 Å². The van der Waals surface area contributed by atoms with Crippen molar-refractivity contribution in [1.82, 2.24) is 0 Å². The van der Waals surface area contributed by atoms with E-state index in [4.69, 9.17) is 14.2 Å². The van der Waals surface area contributed by atoms with Gasteiger partial charge in [-0.1, -0.05) is 23.3 Å². The van der Waals surface area contributed by atoms with Gasteiger partial charge in [0.15, 0.2) is 11.6 Å². The molecule has 33 heavy (non-hydrogen) atoms. The van der Waals surface area contributed by atoms with Crippen LogP contribution in [0.25, 0.3) is 0 Å². The molecule has 0 unspecified atom stereocenters. The van der Waals surface area contributed by atoms with E-state index < -0.39 is 11.4 Å². The van der Waals surface area contributed by atoms with Gasteiger partial charge in [0.25, 0.3) is 0 Å². The van der Waals surface area contributed by atoms with E-state index in [1.54, 1.807) is 6.92 Å². The van der Waals surface area contributed by atoms with Gasteiger partial charge in [-0.25, -0.2) is 0 Å². The van der Waals surface area contributed by atoms with Gasteiger partial charge in [0.1, 0.15) is 5.60 Å². The van der Waals surface area contributed by atoms with Crippen molar-refractivity contribution in [2.24, 2.45) is 5.92 Å². The molecule has 2 heterocycles. The first-order valence-electron chi connectivity index (χ1n) is 11.8. The van der Waals surface area contributed by atoms with Crippen molar-refractivity contribution in [3.8, 4) is 0 Å². The molecule has 0 bridgehead atoms. The van der Waals surface area contributed by atoms with Gasteiger partial charge < -0.3 is 19.3 Å². The lowest BCUT2D eigenvalue weighted by Gasteiger charge is -2.51. The van der Waals surface area contributed by atoms with Crippen molar-refractivity contribution in [2.45, 2.75) is 97.2 Å². The SMILES string of the molecule is CC(=O)O[C@]1(C)C[C@@H](/C=C(\C)CCC=C(C)C)O[C@@]2(C=C(CO)[C@H]3CC(=O)C(C)=C[C@H]3O2)C1. The van der Waals surface area contributed by atoms with Crippen molar-refractivity contribution in [2.75, 3.05) is 6.61 Å². The Kier molecular flexibility index (Phi) is 7.82. The number of rotatable bonds is 6. The standard InChI is InChI=1S/C27H38O6/c1-17(2)8-7-9-18(3)10-22-14-26(6,31-20(5)29)16-27(32-22)13-21(15-28)23-12-24(30)19(4)11-25(23)33-27/h8,10-11,13,22-23,25,28H,7,9,12,14-16H2,1-6H3/b18-10+/t22-,23-,25-,26-,27-/m1/s1. The van der Waals surface area contributed by atoms with Gasteiger partial charge in [0.2, 0.25) is 0 Å². The molecule has 0 aromatic rings. The molecule has 0 radical (unpaired) electrons. The number of fused-ring (bicyclic) bond motifs is 1. The molecule has 5 atom stereocenters. The normalized spacial score (nSPS) is 34.3. The molecular formula is C27H38O6. The summed E-state index contributed by atoms with van der Waals surface area (Å²) in [5.41, 5.74) is 3.09. The quantitative estimate of drug-likeness (QED) is 0.458. The molecule has 3 aliphatic rings. The summed E-state index contributed by atoms with van der Waals surface area (Å²) < 4.78 is 18.8. The summed E-state index contributed by atoms with van der Waals surface area (Å²) in [6, 6.07) is 0. The number of ether oxygens (including phenoxy) is 3. The van der Waals surface area contributed by atoms with Crippen molar-refractivity contribution in [3.05, 3.63) is 46.6 Å². The minimum absolute atomic E-state index is 0.0669. The molecule has 1 N–H and O–H groups in total. The van der Waals surface area contributed by atoms with E-state index in [9.17, 15) is 14.7 Å². The number of aliphatic hydroxyl groups excluding tert-OH is 1. The highest BCUT2D eigenvalue weighted by Crippen LogP contribution is 2.47. The maximum absolute atomic E-state index is 12.3. The molecule has 0 aromatic heterocycles. The Bertz CT molecular complexity index is 906. The first-order chi connectivity index (χ1) is 15.4. The van der Waals surface area contributed by atoms with Crippen LogP contribution >= 0.6 is 0 Å². The second kappa shape index (κ2) is 10.1. The molecule has 1 saturated heterocycles. The van der Waals surface area contributed by atoms with E-state index in [0.717, 1.165) is 18.4 Å². The Balaban J connectivity index is 1.94. The largest absolute Gasteiger partial charge is 0.459 e. The minimum Gasteiger partial charge on any atom is -0.459 e. The zero-order chi connectivity index (χ0) is 24.4. The van der Waals surface area contributed by atoms with E-state index in [1.807, 2.05) is 19.1 Å². The van der Waals surface area contributed by atoms with E-state index in [2.05, 4.69) is 32.9 Å². The molecule has 6 nitrogen and oxygen atoms in total. The third-order valence-electron chi connectivity index (χ3n) is 6.61. The summed E-state index contributed by atoms with van der Waals surface area (Å²) in [6.45, 7) is 11.2. The Morgan fingerprint density at radius 3 is 2.64 bits per heavy atom. The number of carbonyl (C=O) groups excluding carboxylic acids is 2. The second-order valence-corrected chi connectivity index (χ2v) is 10.3. The number of esters is 1. The first-order valence-corrected chi connectivity index (χ1v) is 11.8.